The van der Waals surface area contributed by atoms with Gasteiger partial charge >= 0.3 is 0 Å². The first-order chi connectivity index (χ1) is 17.5. The quantitative estimate of drug-likeness (QED) is 0.315. The summed E-state index contributed by atoms with van der Waals surface area (Å²) in [5, 5.41) is 9.59. The number of halogens is 1. The fourth-order valence-electron chi connectivity index (χ4n) is 4.46. The van der Waals surface area contributed by atoms with Crippen LogP contribution in [0.1, 0.15) is 0 Å². The van der Waals surface area contributed by atoms with Crippen molar-refractivity contribution in [2.24, 2.45) is 0 Å². The van der Waals surface area contributed by atoms with Gasteiger partial charge in [-0.15, -0.1) is 0 Å². The van der Waals surface area contributed by atoms with Gasteiger partial charge in [0, 0.05) is 60.0 Å². The normalized spacial score (nSPS) is 11.3. The lowest BCUT2D eigenvalue weighted by atomic mass is 10.0. The Bertz CT molecular complexity index is 1740. The van der Waals surface area contributed by atoms with E-state index in [2.05, 4.69) is 43.3 Å². The van der Waals surface area contributed by atoms with Gasteiger partial charge < -0.3 is 14.6 Å². The molecule has 7 nitrogen and oxygen atoms in total. The molecule has 6 rings (SSSR count). The van der Waals surface area contributed by atoms with Crippen LogP contribution in [0.3, 0.4) is 0 Å². The molecule has 4 aromatic heterocycles. The molecule has 0 bridgehead atoms. The molecule has 0 aliphatic heterocycles. The number of nitrogens with zero attached hydrogens (tertiary/aromatic N) is 4. The summed E-state index contributed by atoms with van der Waals surface area (Å²) in [6, 6.07) is 16.8. The van der Waals surface area contributed by atoms with E-state index in [1.54, 1.807) is 12.3 Å². The average Bonchev–Trinajstić information content (AvgIpc) is 3.51. The Morgan fingerprint density at radius 3 is 2.53 bits per heavy atom. The Balaban J connectivity index is 1.47. The first-order valence-corrected chi connectivity index (χ1v) is 11.4. The Hall–Kier alpha value is -4.72. The Morgan fingerprint density at radius 2 is 1.69 bits per heavy atom. The molecule has 0 radical (unpaired) electrons. The number of anilines is 1. The summed E-state index contributed by atoms with van der Waals surface area (Å²) in [6.45, 7) is 0. The molecule has 0 aliphatic carbocycles. The van der Waals surface area contributed by atoms with E-state index in [1.807, 2.05) is 49.6 Å². The molecule has 2 N–H and O–H groups in total. The maximum absolute atomic E-state index is 14.2. The number of nitrogens with one attached hydrogen (secondary N) is 2. The molecule has 0 atom stereocenters. The Morgan fingerprint density at radius 1 is 0.833 bits per heavy atom. The highest BCUT2D eigenvalue weighted by Gasteiger charge is 2.16. The number of hydrogen-bond donors (Lipinski definition) is 2. The molecular formula is C28H23FN6O. The molecule has 0 aliphatic rings. The van der Waals surface area contributed by atoms with Crippen molar-refractivity contribution in [2.45, 2.75) is 0 Å². The predicted octanol–water partition coefficient (Wildman–Crippen LogP) is 6.05. The Labute approximate surface area is 206 Å². The fourth-order valence-corrected chi connectivity index (χ4v) is 4.46. The molecule has 2 aromatic carbocycles. The smallest absolute Gasteiger partial charge is 0.127 e. The van der Waals surface area contributed by atoms with Crippen LogP contribution in [0.5, 0.6) is 5.75 Å². The van der Waals surface area contributed by atoms with Gasteiger partial charge in [-0.2, -0.15) is 5.10 Å². The van der Waals surface area contributed by atoms with Crippen molar-refractivity contribution >= 4 is 27.5 Å². The summed E-state index contributed by atoms with van der Waals surface area (Å²) in [6.07, 6.45) is 5.42. The maximum atomic E-state index is 14.2. The highest BCUT2D eigenvalue weighted by atomic mass is 19.1. The third kappa shape index (κ3) is 3.73. The lowest BCUT2D eigenvalue weighted by molar-refractivity contribution is 0.411. The minimum atomic E-state index is -0.377. The highest BCUT2D eigenvalue weighted by molar-refractivity contribution is 6.01. The van der Waals surface area contributed by atoms with Crippen molar-refractivity contribution in [1.82, 2.24) is 25.1 Å². The number of H-pyrrole nitrogens is 2. The number of fused-ring (bicyclic) bond motifs is 2. The van der Waals surface area contributed by atoms with Crippen LogP contribution < -0.4 is 9.64 Å². The zero-order valence-electron chi connectivity index (χ0n) is 20.0. The minimum absolute atomic E-state index is 0.377. The second-order valence-electron chi connectivity index (χ2n) is 8.84. The summed E-state index contributed by atoms with van der Waals surface area (Å²) < 4.78 is 19.5. The number of methoxy groups -OCH3 is 1. The summed E-state index contributed by atoms with van der Waals surface area (Å²) in [4.78, 5) is 14.4. The van der Waals surface area contributed by atoms with E-state index in [1.165, 1.54) is 19.2 Å². The third-order valence-corrected chi connectivity index (χ3v) is 6.32. The van der Waals surface area contributed by atoms with Crippen LogP contribution >= 0.6 is 0 Å². The number of hydrogen-bond acceptors (Lipinski definition) is 5. The van der Waals surface area contributed by atoms with Crippen LogP contribution in [0.4, 0.5) is 10.1 Å². The molecule has 0 saturated carbocycles. The van der Waals surface area contributed by atoms with Crippen LogP contribution in [-0.4, -0.2) is 46.4 Å². The number of pyridine rings is 2. The molecule has 0 unspecified atom stereocenters. The molecule has 178 valence electrons. The zero-order valence-corrected chi connectivity index (χ0v) is 20.0. The number of aromatic amines is 2. The van der Waals surface area contributed by atoms with Crippen LogP contribution in [-0.2, 0) is 0 Å². The van der Waals surface area contributed by atoms with E-state index in [-0.39, 0.29) is 5.82 Å². The fraction of sp³-hybridized carbons (Fsp3) is 0.107. The van der Waals surface area contributed by atoms with Crippen molar-refractivity contribution in [2.75, 3.05) is 26.1 Å². The van der Waals surface area contributed by atoms with E-state index in [9.17, 15) is 4.39 Å². The van der Waals surface area contributed by atoms with E-state index >= 15 is 0 Å². The van der Waals surface area contributed by atoms with Gasteiger partial charge in [-0.05, 0) is 48.0 Å². The third-order valence-electron chi connectivity index (χ3n) is 6.32. The van der Waals surface area contributed by atoms with Gasteiger partial charge in [0.05, 0.1) is 35.9 Å². The van der Waals surface area contributed by atoms with Gasteiger partial charge in [-0.3, -0.25) is 15.1 Å². The predicted molar refractivity (Wildman–Crippen MR) is 141 cm³/mol. The second kappa shape index (κ2) is 8.49. The molecule has 36 heavy (non-hydrogen) atoms. The van der Waals surface area contributed by atoms with Gasteiger partial charge in [0.15, 0.2) is 0 Å². The first-order valence-electron chi connectivity index (χ1n) is 11.4. The van der Waals surface area contributed by atoms with E-state index < -0.39 is 0 Å². The zero-order chi connectivity index (χ0) is 24.8. The molecule has 0 saturated heterocycles. The van der Waals surface area contributed by atoms with Crippen molar-refractivity contribution in [3.63, 3.8) is 0 Å². The van der Waals surface area contributed by atoms with Gasteiger partial charge in [0.25, 0.3) is 0 Å². The largest absolute Gasteiger partial charge is 0.497 e. The van der Waals surface area contributed by atoms with E-state index in [4.69, 9.17) is 4.74 Å². The van der Waals surface area contributed by atoms with Gasteiger partial charge in [-0.25, -0.2) is 4.39 Å². The topological polar surface area (TPSA) is 82.7 Å². The van der Waals surface area contributed by atoms with Gasteiger partial charge in [0.2, 0.25) is 0 Å². The molecule has 6 aromatic rings. The molecule has 4 heterocycles. The van der Waals surface area contributed by atoms with Crippen molar-refractivity contribution in [3.8, 4) is 39.5 Å². The van der Waals surface area contributed by atoms with Crippen LogP contribution in [0.25, 0.3) is 55.6 Å². The van der Waals surface area contributed by atoms with E-state index in [0.717, 1.165) is 50.0 Å². The summed E-state index contributed by atoms with van der Waals surface area (Å²) in [5.74, 6) is 0.0655. The summed E-state index contributed by atoms with van der Waals surface area (Å²) >= 11 is 0. The number of ether oxygens (including phenoxy) is 1. The average molecular weight is 479 g/mol. The number of benzene rings is 2. The SMILES string of the molecule is COc1cc(F)cc(-c2nccc3[nH]c(-c4n[nH]c5ccc(-c6cncc(N(C)C)c6)cc45)cc23)c1. The van der Waals surface area contributed by atoms with Crippen molar-refractivity contribution < 1.29 is 9.13 Å². The summed E-state index contributed by atoms with van der Waals surface area (Å²) in [7, 11) is 5.51. The number of rotatable bonds is 5. The van der Waals surface area contributed by atoms with Crippen molar-refractivity contribution in [1.29, 1.82) is 0 Å². The van der Waals surface area contributed by atoms with Gasteiger partial charge in [0.1, 0.15) is 17.3 Å². The molecule has 0 fully saturated rings. The van der Waals surface area contributed by atoms with Gasteiger partial charge in [-0.1, -0.05) is 6.07 Å². The first kappa shape index (κ1) is 21.8. The van der Waals surface area contributed by atoms with Crippen LogP contribution in [0, 0.1) is 5.82 Å². The monoisotopic (exact) mass is 478 g/mol. The van der Waals surface area contributed by atoms with Crippen LogP contribution in [0.15, 0.2) is 73.2 Å². The molecule has 0 amide bonds. The molecule has 8 heteroatoms. The van der Waals surface area contributed by atoms with Crippen LogP contribution in [0.2, 0.25) is 0 Å². The van der Waals surface area contributed by atoms with Crippen molar-refractivity contribution in [3.05, 3.63) is 79.0 Å². The standard InChI is InChI=1S/C28H23FN6O/c1-35(2)20-9-18(14-30-15-20)16-4-5-25-22(11-16)28(34-33-25)26-13-23-24(32-26)6-7-31-27(23)17-8-19(29)12-21(10-17)36-3/h4-15,32H,1-3H3,(H,33,34). The minimum Gasteiger partial charge on any atom is -0.497 e. The Kier molecular flexibility index (Phi) is 5.14. The summed E-state index contributed by atoms with van der Waals surface area (Å²) in [5.41, 5.74) is 7.86. The second-order valence-corrected chi connectivity index (χ2v) is 8.84. The lowest BCUT2D eigenvalue weighted by Gasteiger charge is -2.13. The molecule has 0 spiro atoms. The lowest BCUT2D eigenvalue weighted by Crippen LogP contribution is -2.08. The molecular weight excluding hydrogens is 455 g/mol. The highest BCUT2D eigenvalue weighted by Crippen LogP contribution is 2.35. The maximum Gasteiger partial charge on any atom is 0.127 e. The number of aromatic nitrogens is 5. The van der Waals surface area contributed by atoms with E-state index in [0.29, 0.717) is 17.0 Å².